The third-order valence-electron chi connectivity index (χ3n) is 4.36. The number of hydrogen-bond donors (Lipinski definition) is 0. The molecule has 2 fully saturated rings. The molecule has 0 N–H and O–H groups in total. The smallest absolute Gasteiger partial charge is 0.410 e. The zero-order valence-corrected chi connectivity index (χ0v) is 13.8. The van der Waals surface area contributed by atoms with Crippen LogP contribution in [0.5, 0.6) is 5.75 Å². The maximum atomic E-state index is 13.6. The number of carbonyl (C=O) groups is 1. The van der Waals surface area contributed by atoms with Crippen LogP contribution < -0.4 is 4.74 Å². The Morgan fingerprint density at radius 1 is 1.48 bits per heavy atom. The van der Waals surface area contributed by atoms with E-state index in [0.29, 0.717) is 6.54 Å². The van der Waals surface area contributed by atoms with Gasteiger partial charge < -0.3 is 14.4 Å². The van der Waals surface area contributed by atoms with Gasteiger partial charge in [-0.2, -0.15) is 4.39 Å². The summed E-state index contributed by atoms with van der Waals surface area (Å²) in [7, 11) is 0. The van der Waals surface area contributed by atoms with E-state index in [1.165, 1.54) is 6.20 Å². The largest absolute Gasteiger partial charge is 0.487 e. The number of likely N-dealkylation sites (tertiary alicyclic amines) is 1. The molecule has 1 saturated carbocycles. The van der Waals surface area contributed by atoms with E-state index in [9.17, 15) is 9.18 Å². The van der Waals surface area contributed by atoms with Crippen molar-refractivity contribution < 1.29 is 18.7 Å². The summed E-state index contributed by atoms with van der Waals surface area (Å²) in [6.07, 6.45) is 4.20. The van der Waals surface area contributed by atoms with Crippen molar-refractivity contribution in [2.24, 2.45) is 5.41 Å². The van der Waals surface area contributed by atoms with Gasteiger partial charge in [0.2, 0.25) is 0 Å². The van der Waals surface area contributed by atoms with Crippen LogP contribution in [0.4, 0.5) is 9.18 Å². The minimum Gasteiger partial charge on any atom is -0.487 e. The van der Waals surface area contributed by atoms with Crippen molar-refractivity contribution in [3.05, 3.63) is 24.3 Å². The first kappa shape index (κ1) is 16.0. The van der Waals surface area contributed by atoms with Crippen LogP contribution in [0.25, 0.3) is 0 Å². The van der Waals surface area contributed by atoms with Gasteiger partial charge in [-0.1, -0.05) is 0 Å². The Bertz CT molecular complexity index is 596. The molecule has 1 aliphatic heterocycles. The molecule has 23 heavy (non-hydrogen) atoms. The molecule has 1 aromatic rings. The Morgan fingerprint density at radius 2 is 2.22 bits per heavy atom. The molecule has 5 nitrogen and oxygen atoms in total. The number of halogens is 1. The van der Waals surface area contributed by atoms with Gasteiger partial charge in [-0.05, 0) is 57.6 Å². The van der Waals surface area contributed by atoms with E-state index < -0.39 is 11.5 Å². The zero-order valence-electron chi connectivity index (χ0n) is 13.8. The number of nitrogens with zero attached hydrogens (tertiary/aromatic N) is 2. The third kappa shape index (κ3) is 3.74. The molecule has 1 amide bonds. The van der Waals surface area contributed by atoms with Gasteiger partial charge in [0, 0.05) is 12.7 Å². The Kier molecular flexibility index (Phi) is 3.94. The van der Waals surface area contributed by atoms with Crippen molar-refractivity contribution in [3.8, 4) is 5.75 Å². The summed E-state index contributed by atoms with van der Waals surface area (Å²) in [6.45, 7) is 6.51. The predicted molar refractivity (Wildman–Crippen MR) is 82.7 cm³/mol. The standard InChI is InChI=1S/C17H23FN2O3/c1-16(2,3)23-15(21)20-11-17(6-7-17)9-12(20)10-22-13-5-4-8-19-14(13)18/h4-5,8,12H,6-7,9-11H2,1-3H3/t12-/m0/s1. The summed E-state index contributed by atoms with van der Waals surface area (Å²) in [5.74, 6) is -0.510. The monoisotopic (exact) mass is 322 g/mol. The maximum Gasteiger partial charge on any atom is 0.410 e. The molecule has 2 heterocycles. The van der Waals surface area contributed by atoms with Crippen molar-refractivity contribution in [2.75, 3.05) is 13.2 Å². The highest BCUT2D eigenvalue weighted by atomic mass is 19.1. The van der Waals surface area contributed by atoms with Gasteiger partial charge in [0.1, 0.15) is 12.2 Å². The average molecular weight is 322 g/mol. The van der Waals surface area contributed by atoms with Gasteiger partial charge >= 0.3 is 6.09 Å². The fraction of sp³-hybridized carbons (Fsp3) is 0.647. The third-order valence-corrected chi connectivity index (χ3v) is 4.36. The number of aromatic nitrogens is 1. The summed E-state index contributed by atoms with van der Waals surface area (Å²) < 4.78 is 24.6. The van der Waals surface area contributed by atoms with E-state index in [1.54, 1.807) is 17.0 Å². The molecule has 1 aliphatic carbocycles. The van der Waals surface area contributed by atoms with Gasteiger partial charge in [0.05, 0.1) is 6.04 Å². The first-order chi connectivity index (χ1) is 10.8. The fourth-order valence-electron chi connectivity index (χ4n) is 3.05. The lowest BCUT2D eigenvalue weighted by atomic mass is 10.0. The van der Waals surface area contributed by atoms with Gasteiger partial charge in [0.15, 0.2) is 5.75 Å². The second kappa shape index (κ2) is 5.65. The summed E-state index contributed by atoms with van der Waals surface area (Å²) in [4.78, 5) is 17.7. The zero-order chi connectivity index (χ0) is 16.7. The molecule has 1 atom stereocenters. The van der Waals surface area contributed by atoms with Crippen LogP contribution in [0.15, 0.2) is 18.3 Å². The Hall–Kier alpha value is -1.85. The summed E-state index contributed by atoms with van der Waals surface area (Å²) >= 11 is 0. The molecule has 6 heteroatoms. The number of carbonyl (C=O) groups excluding carboxylic acids is 1. The quantitative estimate of drug-likeness (QED) is 0.801. The van der Waals surface area contributed by atoms with E-state index >= 15 is 0 Å². The summed E-state index contributed by atoms with van der Waals surface area (Å²) in [5.41, 5.74) is -0.310. The molecular weight excluding hydrogens is 299 g/mol. The molecule has 1 saturated heterocycles. The minimum absolute atomic E-state index is 0.0908. The van der Waals surface area contributed by atoms with Crippen molar-refractivity contribution >= 4 is 6.09 Å². The highest BCUT2D eigenvalue weighted by molar-refractivity contribution is 5.69. The lowest BCUT2D eigenvalue weighted by Gasteiger charge is -2.28. The van der Waals surface area contributed by atoms with Gasteiger partial charge in [0.25, 0.3) is 5.95 Å². The summed E-state index contributed by atoms with van der Waals surface area (Å²) in [5, 5.41) is 0. The lowest BCUT2D eigenvalue weighted by molar-refractivity contribution is 0.0180. The predicted octanol–water partition coefficient (Wildman–Crippen LogP) is 3.39. The van der Waals surface area contributed by atoms with Crippen molar-refractivity contribution in [3.63, 3.8) is 0 Å². The van der Waals surface area contributed by atoms with E-state index in [-0.39, 0.29) is 29.9 Å². The van der Waals surface area contributed by atoms with Crippen LogP contribution in [-0.4, -0.2) is 40.8 Å². The average Bonchev–Trinajstić information content (AvgIpc) is 3.09. The second-order valence-corrected chi connectivity index (χ2v) is 7.57. The fourth-order valence-corrected chi connectivity index (χ4v) is 3.05. The van der Waals surface area contributed by atoms with Crippen molar-refractivity contribution in [1.82, 2.24) is 9.88 Å². The normalized spacial score (nSPS) is 22.3. The van der Waals surface area contributed by atoms with Crippen molar-refractivity contribution in [2.45, 2.75) is 51.7 Å². The molecule has 0 radical (unpaired) electrons. The van der Waals surface area contributed by atoms with Gasteiger partial charge in [-0.3, -0.25) is 0 Å². The molecule has 0 aromatic carbocycles. The topological polar surface area (TPSA) is 51.7 Å². The van der Waals surface area contributed by atoms with E-state index in [2.05, 4.69) is 4.98 Å². The molecule has 3 rings (SSSR count). The van der Waals surface area contributed by atoms with Crippen LogP contribution in [0.2, 0.25) is 0 Å². The first-order valence-corrected chi connectivity index (χ1v) is 8.01. The number of hydrogen-bond acceptors (Lipinski definition) is 4. The van der Waals surface area contributed by atoms with Crippen LogP contribution in [0.3, 0.4) is 0 Å². The number of ether oxygens (including phenoxy) is 2. The van der Waals surface area contributed by atoms with E-state index in [4.69, 9.17) is 9.47 Å². The van der Waals surface area contributed by atoms with Gasteiger partial charge in [-0.15, -0.1) is 0 Å². The molecule has 2 aliphatic rings. The Morgan fingerprint density at radius 3 is 2.83 bits per heavy atom. The number of pyridine rings is 1. The molecular formula is C17H23FN2O3. The lowest BCUT2D eigenvalue weighted by Crippen LogP contribution is -2.42. The van der Waals surface area contributed by atoms with Crippen LogP contribution in [-0.2, 0) is 4.74 Å². The van der Waals surface area contributed by atoms with Crippen LogP contribution >= 0.6 is 0 Å². The maximum absolute atomic E-state index is 13.6. The minimum atomic E-state index is -0.629. The first-order valence-electron chi connectivity index (χ1n) is 8.01. The molecule has 1 aromatic heterocycles. The number of rotatable bonds is 3. The van der Waals surface area contributed by atoms with Gasteiger partial charge in [-0.25, -0.2) is 9.78 Å². The van der Waals surface area contributed by atoms with Crippen LogP contribution in [0.1, 0.15) is 40.0 Å². The highest BCUT2D eigenvalue weighted by Gasteiger charge is 2.54. The molecule has 0 bridgehead atoms. The Labute approximate surface area is 135 Å². The van der Waals surface area contributed by atoms with E-state index in [1.807, 2.05) is 20.8 Å². The Balaban J connectivity index is 1.66. The molecule has 126 valence electrons. The number of amides is 1. The molecule has 1 spiro atoms. The second-order valence-electron chi connectivity index (χ2n) is 7.57. The highest BCUT2D eigenvalue weighted by Crippen LogP contribution is 2.55. The summed E-state index contributed by atoms with van der Waals surface area (Å²) in [6, 6.07) is 3.08. The van der Waals surface area contributed by atoms with E-state index in [0.717, 1.165) is 19.3 Å². The SMILES string of the molecule is CC(C)(C)OC(=O)N1CC2(CC2)C[C@H]1COc1cccnc1F. The molecule has 0 unspecified atom stereocenters. The van der Waals surface area contributed by atoms with Crippen molar-refractivity contribution in [1.29, 1.82) is 0 Å². The van der Waals surface area contributed by atoms with Crippen LogP contribution in [0, 0.1) is 11.4 Å².